The second-order valence-electron chi connectivity index (χ2n) is 5.11. The first kappa shape index (κ1) is 17.0. The molecule has 0 amide bonds. The number of aryl methyl sites for hydroxylation is 1. The Labute approximate surface area is 149 Å². The van der Waals surface area contributed by atoms with E-state index in [1.165, 1.54) is 17.5 Å². The SMILES string of the molecule is CCOC(=O)c1cnc(C)nc1NCc1csc(-c2ccccn2)n1. The van der Waals surface area contributed by atoms with Crippen molar-refractivity contribution in [2.75, 3.05) is 11.9 Å². The van der Waals surface area contributed by atoms with E-state index < -0.39 is 5.97 Å². The summed E-state index contributed by atoms with van der Waals surface area (Å²) in [6, 6.07) is 5.72. The van der Waals surface area contributed by atoms with Crippen LogP contribution in [-0.2, 0) is 11.3 Å². The molecule has 0 bridgehead atoms. The lowest BCUT2D eigenvalue weighted by Gasteiger charge is -2.09. The quantitative estimate of drug-likeness (QED) is 0.680. The van der Waals surface area contributed by atoms with Crippen LogP contribution in [0.1, 0.15) is 28.8 Å². The molecule has 0 fully saturated rings. The Kier molecular flexibility index (Phi) is 5.30. The minimum Gasteiger partial charge on any atom is -0.462 e. The molecule has 0 aliphatic rings. The number of carbonyl (C=O) groups is 1. The lowest BCUT2D eigenvalue weighted by molar-refractivity contribution is 0.0526. The topological polar surface area (TPSA) is 89.9 Å². The fourth-order valence-corrected chi connectivity index (χ4v) is 2.93. The third-order valence-corrected chi connectivity index (χ3v) is 4.19. The summed E-state index contributed by atoms with van der Waals surface area (Å²) < 4.78 is 5.04. The lowest BCUT2D eigenvalue weighted by Crippen LogP contribution is -2.13. The molecule has 0 unspecified atom stereocenters. The van der Waals surface area contributed by atoms with Crippen molar-refractivity contribution in [3.63, 3.8) is 0 Å². The number of pyridine rings is 1. The summed E-state index contributed by atoms with van der Waals surface area (Å²) in [4.78, 5) is 29.2. The van der Waals surface area contributed by atoms with Crippen molar-refractivity contribution in [1.82, 2.24) is 19.9 Å². The Morgan fingerprint density at radius 3 is 2.92 bits per heavy atom. The molecule has 128 valence electrons. The van der Waals surface area contributed by atoms with Crippen LogP contribution in [0.4, 0.5) is 5.82 Å². The van der Waals surface area contributed by atoms with Crippen LogP contribution < -0.4 is 5.32 Å². The second kappa shape index (κ2) is 7.80. The maximum atomic E-state index is 12.0. The van der Waals surface area contributed by atoms with Gasteiger partial charge in [0.15, 0.2) is 0 Å². The van der Waals surface area contributed by atoms with E-state index in [1.54, 1.807) is 20.0 Å². The minimum absolute atomic E-state index is 0.297. The third-order valence-electron chi connectivity index (χ3n) is 3.28. The van der Waals surface area contributed by atoms with Crippen LogP contribution in [0.5, 0.6) is 0 Å². The number of thiazole rings is 1. The zero-order chi connectivity index (χ0) is 17.6. The van der Waals surface area contributed by atoms with Gasteiger partial charge in [0.2, 0.25) is 0 Å². The number of hydrogen-bond donors (Lipinski definition) is 1. The van der Waals surface area contributed by atoms with Crippen LogP contribution >= 0.6 is 11.3 Å². The van der Waals surface area contributed by atoms with Crippen molar-refractivity contribution in [3.05, 3.63) is 53.1 Å². The van der Waals surface area contributed by atoms with Gasteiger partial charge in [-0.2, -0.15) is 0 Å². The molecule has 3 heterocycles. The number of esters is 1. The molecular formula is C17H17N5O2S. The third kappa shape index (κ3) is 4.16. The largest absolute Gasteiger partial charge is 0.462 e. The van der Waals surface area contributed by atoms with E-state index in [2.05, 4.69) is 25.3 Å². The minimum atomic E-state index is -0.447. The number of nitrogens with zero attached hydrogens (tertiary/aromatic N) is 4. The van der Waals surface area contributed by atoms with Crippen molar-refractivity contribution in [1.29, 1.82) is 0 Å². The van der Waals surface area contributed by atoms with Gasteiger partial charge < -0.3 is 10.1 Å². The highest BCUT2D eigenvalue weighted by Crippen LogP contribution is 2.22. The summed E-state index contributed by atoms with van der Waals surface area (Å²) in [7, 11) is 0. The van der Waals surface area contributed by atoms with E-state index in [9.17, 15) is 4.79 Å². The number of nitrogens with one attached hydrogen (secondary N) is 1. The van der Waals surface area contributed by atoms with Crippen molar-refractivity contribution >= 4 is 23.1 Å². The van der Waals surface area contributed by atoms with Gasteiger partial charge in [0.1, 0.15) is 22.2 Å². The first-order valence-electron chi connectivity index (χ1n) is 7.78. The maximum Gasteiger partial charge on any atom is 0.343 e. The molecule has 0 saturated carbocycles. The summed E-state index contributed by atoms with van der Waals surface area (Å²) >= 11 is 1.52. The van der Waals surface area contributed by atoms with Crippen LogP contribution in [0.15, 0.2) is 36.0 Å². The van der Waals surface area contributed by atoms with Gasteiger partial charge in [-0.05, 0) is 26.0 Å². The molecule has 0 aliphatic heterocycles. The lowest BCUT2D eigenvalue weighted by atomic mass is 10.3. The maximum absolute atomic E-state index is 12.0. The molecule has 3 aromatic heterocycles. The smallest absolute Gasteiger partial charge is 0.343 e. The molecular weight excluding hydrogens is 338 g/mol. The van der Waals surface area contributed by atoms with E-state index in [4.69, 9.17) is 4.74 Å². The van der Waals surface area contributed by atoms with Crippen molar-refractivity contribution in [3.8, 4) is 10.7 Å². The molecule has 0 aromatic carbocycles. The molecule has 0 saturated heterocycles. The number of anilines is 1. The van der Waals surface area contributed by atoms with Gasteiger partial charge in [-0.3, -0.25) is 4.98 Å². The predicted octanol–water partition coefficient (Wildman–Crippen LogP) is 3.09. The average molecular weight is 355 g/mol. The summed E-state index contributed by atoms with van der Waals surface area (Å²) in [5.74, 6) is 0.568. The first-order valence-corrected chi connectivity index (χ1v) is 8.65. The van der Waals surface area contributed by atoms with E-state index in [-0.39, 0.29) is 0 Å². The van der Waals surface area contributed by atoms with Crippen LogP contribution in [0, 0.1) is 6.92 Å². The molecule has 3 rings (SSSR count). The predicted molar refractivity (Wildman–Crippen MR) is 95.4 cm³/mol. The van der Waals surface area contributed by atoms with Crippen LogP contribution in [-0.4, -0.2) is 32.5 Å². The molecule has 0 spiro atoms. The summed E-state index contributed by atoms with van der Waals surface area (Å²) in [6.45, 7) is 4.26. The van der Waals surface area contributed by atoms with Gasteiger partial charge in [-0.15, -0.1) is 11.3 Å². The van der Waals surface area contributed by atoms with E-state index in [1.807, 2.05) is 23.6 Å². The highest BCUT2D eigenvalue weighted by molar-refractivity contribution is 7.13. The highest BCUT2D eigenvalue weighted by Gasteiger charge is 2.15. The second-order valence-corrected chi connectivity index (χ2v) is 5.97. The molecule has 7 nitrogen and oxygen atoms in total. The van der Waals surface area contributed by atoms with Crippen molar-refractivity contribution < 1.29 is 9.53 Å². The Bertz CT molecular complexity index is 866. The van der Waals surface area contributed by atoms with E-state index >= 15 is 0 Å². The summed E-state index contributed by atoms with van der Waals surface area (Å²) in [5, 5.41) is 5.95. The fraction of sp³-hybridized carbons (Fsp3) is 0.235. The molecule has 1 N–H and O–H groups in total. The number of ether oxygens (including phenoxy) is 1. The van der Waals surface area contributed by atoms with Crippen molar-refractivity contribution in [2.24, 2.45) is 0 Å². The normalized spacial score (nSPS) is 10.5. The first-order chi connectivity index (χ1) is 12.2. The van der Waals surface area contributed by atoms with Gasteiger partial charge in [0.25, 0.3) is 0 Å². The van der Waals surface area contributed by atoms with E-state index in [0.29, 0.717) is 30.4 Å². The molecule has 8 heteroatoms. The van der Waals surface area contributed by atoms with Crippen molar-refractivity contribution in [2.45, 2.75) is 20.4 Å². The average Bonchev–Trinajstić information content (AvgIpc) is 3.10. The van der Waals surface area contributed by atoms with Gasteiger partial charge in [-0.25, -0.2) is 19.7 Å². The number of aromatic nitrogens is 4. The Hall–Kier alpha value is -2.87. The Balaban J connectivity index is 1.75. The molecule has 0 aliphatic carbocycles. The highest BCUT2D eigenvalue weighted by atomic mass is 32.1. The van der Waals surface area contributed by atoms with Crippen LogP contribution in [0.25, 0.3) is 10.7 Å². The Morgan fingerprint density at radius 2 is 2.16 bits per heavy atom. The number of carbonyl (C=O) groups excluding carboxylic acids is 1. The zero-order valence-electron chi connectivity index (χ0n) is 13.9. The van der Waals surface area contributed by atoms with Crippen LogP contribution in [0.2, 0.25) is 0 Å². The van der Waals surface area contributed by atoms with Gasteiger partial charge in [-0.1, -0.05) is 6.07 Å². The fourth-order valence-electron chi connectivity index (χ4n) is 2.13. The van der Waals surface area contributed by atoms with Gasteiger partial charge >= 0.3 is 5.97 Å². The van der Waals surface area contributed by atoms with Gasteiger partial charge in [0, 0.05) is 17.8 Å². The standard InChI is InChI=1S/C17H17N5O2S/c1-3-24-17(23)13-9-19-11(2)21-15(13)20-8-12-10-25-16(22-12)14-6-4-5-7-18-14/h4-7,9-10H,3,8H2,1-2H3,(H,19,20,21). The summed E-state index contributed by atoms with van der Waals surface area (Å²) in [6.07, 6.45) is 3.22. The van der Waals surface area contributed by atoms with Gasteiger partial charge in [0.05, 0.1) is 24.5 Å². The molecule has 0 radical (unpaired) electrons. The molecule has 25 heavy (non-hydrogen) atoms. The molecule has 0 atom stereocenters. The Morgan fingerprint density at radius 1 is 1.28 bits per heavy atom. The monoisotopic (exact) mass is 355 g/mol. The summed E-state index contributed by atoms with van der Waals surface area (Å²) in [5.41, 5.74) is 1.99. The zero-order valence-corrected chi connectivity index (χ0v) is 14.7. The van der Waals surface area contributed by atoms with Crippen LogP contribution in [0.3, 0.4) is 0 Å². The number of hydrogen-bond acceptors (Lipinski definition) is 8. The number of rotatable bonds is 6. The molecule has 3 aromatic rings. The van der Waals surface area contributed by atoms with E-state index in [0.717, 1.165) is 16.4 Å².